The van der Waals surface area contributed by atoms with Crippen LogP contribution in [0.4, 0.5) is 5.69 Å². The molecule has 0 radical (unpaired) electrons. The minimum absolute atomic E-state index is 0.0518. The lowest BCUT2D eigenvalue weighted by Crippen LogP contribution is -2.28. The van der Waals surface area contributed by atoms with Crippen LogP contribution in [0.15, 0.2) is 29.4 Å². The van der Waals surface area contributed by atoms with Crippen molar-refractivity contribution >= 4 is 23.3 Å². The van der Waals surface area contributed by atoms with E-state index in [9.17, 15) is 9.59 Å². The molecule has 0 saturated heterocycles. The van der Waals surface area contributed by atoms with Gasteiger partial charge < -0.3 is 20.4 Å². The summed E-state index contributed by atoms with van der Waals surface area (Å²) in [6.07, 6.45) is -0.419. The molecule has 0 aromatic heterocycles. The second-order valence-electron chi connectivity index (χ2n) is 4.30. The zero-order chi connectivity index (χ0) is 14.5. The standard InChI is InChI=1S/C13H14N2O5/c16-6-5-8-1-3-9(4-2-8)14-12(17)11-7-10(13(18)19)15-20-11/h1-4,11,16H,5-7H2,(H,14,17)(H,18,19). The van der Waals surface area contributed by atoms with Gasteiger partial charge in [-0.05, 0) is 24.1 Å². The number of hydrogen-bond acceptors (Lipinski definition) is 5. The maximum atomic E-state index is 11.9. The van der Waals surface area contributed by atoms with Gasteiger partial charge in [-0.3, -0.25) is 4.79 Å². The first-order valence-corrected chi connectivity index (χ1v) is 6.07. The van der Waals surface area contributed by atoms with Gasteiger partial charge in [-0.25, -0.2) is 4.79 Å². The molecule has 1 atom stereocenters. The normalized spacial score (nSPS) is 17.2. The van der Waals surface area contributed by atoms with E-state index < -0.39 is 18.0 Å². The van der Waals surface area contributed by atoms with E-state index in [-0.39, 0.29) is 18.7 Å². The molecule has 20 heavy (non-hydrogen) atoms. The van der Waals surface area contributed by atoms with Crippen molar-refractivity contribution in [3.05, 3.63) is 29.8 Å². The highest BCUT2D eigenvalue weighted by atomic mass is 16.6. The van der Waals surface area contributed by atoms with Crippen molar-refractivity contribution in [3.63, 3.8) is 0 Å². The molecule has 1 aromatic rings. The number of amides is 1. The largest absolute Gasteiger partial charge is 0.477 e. The van der Waals surface area contributed by atoms with Gasteiger partial charge in [0.25, 0.3) is 5.91 Å². The number of carboxylic acid groups (broad SMARTS) is 1. The predicted molar refractivity (Wildman–Crippen MR) is 70.4 cm³/mol. The highest BCUT2D eigenvalue weighted by Crippen LogP contribution is 2.15. The Labute approximate surface area is 114 Å². The van der Waals surface area contributed by atoms with Crippen LogP contribution in [0, 0.1) is 0 Å². The van der Waals surface area contributed by atoms with Crippen molar-refractivity contribution in [1.29, 1.82) is 0 Å². The summed E-state index contributed by atoms with van der Waals surface area (Å²) >= 11 is 0. The molecule has 0 saturated carbocycles. The summed E-state index contributed by atoms with van der Waals surface area (Å²) in [5.74, 6) is -1.63. The molecule has 0 spiro atoms. The molecule has 106 valence electrons. The number of carboxylic acids is 1. The van der Waals surface area contributed by atoms with E-state index >= 15 is 0 Å². The van der Waals surface area contributed by atoms with Gasteiger partial charge in [0.05, 0.1) is 0 Å². The van der Waals surface area contributed by atoms with E-state index in [2.05, 4.69) is 10.5 Å². The zero-order valence-corrected chi connectivity index (χ0v) is 10.6. The molecule has 1 aliphatic rings. The van der Waals surface area contributed by atoms with Crippen LogP contribution in [0.3, 0.4) is 0 Å². The van der Waals surface area contributed by atoms with Crippen molar-refractivity contribution in [3.8, 4) is 0 Å². The lowest BCUT2D eigenvalue weighted by Gasteiger charge is -2.09. The Hall–Kier alpha value is -2.41. The van der Waals surface area contributed by atoms with Gasteiger partial charge in [0, 0.05) is 18.7 Å². The molecule has 1 aromatic carbocycles. The van der Waals surface area contributed by atoms with Crippen LogP contribution in [0.2, 0.25) is 0 Å². The lowest BCUT2D eigenvalue weighted by molar-refractivity contribution is -0.129. The molecule has 2 rings (SSSR count). The van der Waals surface area contributed by atoms with E-state index in [1.807, 2.05) is 0 Å². The highest BCUT2D eigenvalue weighted by molar-refractivity contribution is 6.36. The van der Waals surface area contributed by atoms with Gasteiger partial charge in [-0.2, -0.15) is 0 Å². The number of benzene rings is 1. The van der Waals surface area contributed by atoms with E-state index in [0.29, 0.717) is 12.1 Å². The molecule has 0 aliphatic carbocycles. The number of anilines is 1. The fourth-order valence-corrected chi connectivity index (χ4v) is 1.75. The summed E-state index contributed by atoms with van der Waals surface area (Å²) in [4.78, 5) is 27.3. The molecular formula is C13H14N2O5. The van der Waals surface area contributed by atoms with Crippen LogP contribution < -0.4 is 5.32 Å². The number of rotatable bonds is 5. The highest BCUT2D eigenvalue weighted by Gasteiger charge is 2.31. The van der Waals surface area contributed by atoms with E-state index in [1.54, 1.807) is 24.3 Å². The van der Waals surface area contributed by atoms with E-state index in [1.165, 1.54) is 0 Å². The van der Waals surface area contributed by atoms with Gasteiger partial charge in [0.15, 0.2) is 5.71 Å². The molecule has 7 heteroatoms. The maximum absolute atomic E-state index is 11.9. The average molecular weight is 278 g/mol. The van der Waals surface area contributed by atoms with Crippen LogP contribution in [0.25, 0.3) is 0 Å². The summed E-state index contributed by atoms with van der Waals surface area (Å²) in [6, 6.07) is 6.99. The third-order valence-electron chi connectivity index (χ3n) is 2.83. The Morgan fingerprint density at radius 3 is 2.60 bits per heavy atom. The van der Waals surface area contributed by atoms with Crippen LogP contribution >= 0.6 is 0 Å². The fraction of sp³-hybridized carbons (Fsp3) is 0.308. The lowest BCUT2D eigenvalue weighted by atomic mass is 10.1. The minimum atomic E-state index is -1.19. The number of nitrogens with zero attached hydrogens (tertiary/aromatic N) is 1. The first-order valence-electron chi connectivity index (χ1n) is 6.07. The molecule has 3 N–H and O–H groups in total. The summed E-state index contributed by atoms with van der Waals surface area (Å²) in [5, 5.41) is 23.5. The number of aliphatic hydroxyl groups excluding tert-OH is 1. The Morgan fingerprint density at radius 2 is 2.05 bits per heavy atom. The smallest absolute Gasteiger partial charge is 0.353 e. The molecule has 1 unspecified atom stereocenters. The first kappa shape index (κ1) is 14.0. The number of aliphatic carboxylic acids is 1. The number of oxime groups is 1. The van der Waals surface area contributed by atoms with Crippen molar-refractivity contribution in [2.24, 2.45) is 5.16 Å². The quantitative estimate of drug-likeness (QED) is 0.722. The third kappa shape index (κ3) is 3.33. The van der Waals surface area contributed by atoms with Crippen LogP contribution in [-0.2, 0) is 20.8 Å². The Bertz CT molecular complexity index is 538. The second-order valence-corrected chi connectivity index (χ2v) is 4.30. The Balaban J connectivity index is 1.91. The monoisotopic (exact) mass is 278 g/mol. The number of hydrogen-bond donors (Lipinski definition) is 3. The van der Waals surface area contributed by atoms with E-state index in [4.69, 9.17) is 15.1 Å². The first-order chi connectivity index (χ1) is 9.60. The predicted octanol–water partition coefficient (Wildman–Crippen LogP) is 0.389. The topological polar surface area (TPSA) is 108 Å². The summed E-state index contributed by atoms with van der Waals surface area (Å²) < 4.78 is 0. The summed E-state index contributed by atoms with van der Waals surface area (Å²) in [7, 11) is 0. The molecule has 1 aliphatic heterocycles. The number of carbonyl (C=O) groups is 2. The van der Waals surface area contributed by atoms with Gasteiger partial charge in [-0.1, -0.05) is 17.3 Å². The Morgan fingerprint density at radius 1 is 1.35 bits per heavy atom. The third-order valence-corrected chi connectivity index (χ3v) is 2.83. The fourth-order valence-electron chi connectivity index (χ4n) is 1.75. The maximum Gasteiger partial charge on any atom is 0.353 e. The van der Waals surface area contributed by atoms with Gasteiger partial charge >= 0.3 is 5.97 Å². The van der Waals surface area contributed by atoms with Gasteiger partial charge in [-0.15, -0.1) is 0 Å². The van der Waals surface area contributed by atoms with Crippen molar-refractivity contribution in [1.82, 2.24) is 0 Å². The molecule has 1 heterocycles. The van der Waals surface area contributed by atoms with Crippen molar-refractivity contribution in [2.45, 2.75) is 18.9 Å². The van der Waals surface area contributed by atoms with Crippen molar-refractivity contribution < 1.29 is 24.6 Å². The van der Waals surface area contributed by atoms with Gasteiger partial charge in [0.1, 0.15) is 0 Å². The zero-order valence-electron chi connectivity index (χ0n) is 10.6. The molecule has 1 amide bonds. The second kappa shape index (κ2) is 6.16. The SMILES string of the molecule is O=C(O)C1=NOC(C(=O)Nc2ccc(CCO)cc2)C1. The van der Waals surface area contributed by atoms with Crippen LogP contribution in [0.5, 0.6) is 0 Å². The number of carbonyl (C=O) groups excluding carboxylic acids is 1. The molecule has 0 fully saturated rings. The molecule has 0 bridgehead atoms. The number of nitrogens with one attached hydrogen (secondary N) is 1. The Kier molecular flexibility index (Phi) is 4.31. The van der Waals surface area contributed by atoms with Crippen LogP contribution in [0.1, 0.15) is 12.0 Å². The van der Waals surface area contributed by atoms with Crippen molar-refractivity contribution in [2.75, 3.05) is 11.9 Å². The summed E-state index contributed by atoms with van der Waals surface area (Å²) in [6.45, 7) is 0.0664. The number of aliphatic hydroxyl groups is 1. The van der Waals surface area contributed by atoms with Crippen LogP contribution in [-0.4, -0.2) is 40.5 Å². The van der Waals surface area contributed by atoms with Gasteiger partial charge in [0.2, 0.25) is 6.10 Å². The molecule has 7 nitrogen and oxygen atoms in total. The minimum Gasteiger partial charge on any atom is -0.477 e. The summed E-state index contributed by atoms with van der Waals surface area (Å²) in [5.41, 5.74) is 1.37. The van der Waals surface area contributed by atoms with E-state index in [0.717, 1.165) is 5.56 Å². The average Bonchev–Trinajstić information content (AvgIpc) is 2.91. The molecular weight excluding hydrogens is 264 g/mol.